The minimum absolute atomic E-state index is 0.0594. The van der Waals surface area contributed by atoms with E-state index in [0.29, 0.717) is 5.69 Å². The fourth-order valence-corrected chi connectivity index (χ4v) is 3.28. The standard InChI is InChI=1S/C14H13Cl2FN2O2S/c1-19(2)14-6-3-9(17)7-13(14)18-22(20,21)10-4-5-11(15)12(16)8-10/h3-8,18H,1-2H3. The van der Waals surface area contributed by atoms with Gasteiger partial charge in [-0.05, 0) is 30.3 Å². The van der Waals surface area contributed by atoms with Crippen LogP contribution < -0.4 is 9.62 Å². The zero-order valence-corrected chi connectivity index (χ0v) is 14.1. The highest BCUT2D eigenvalue weighted by Crippen LogP contribution is 2.29. The van der Waals surface area contributed by atoms with Crippen LogP contribution in [0.1, 0.15) is 0 Å². The summed E-state index contributed by atoms with van der Waals surface area (Å²) >= 11 is 11.6. The molecule has 0 saturated heterocycles. The van der Waals surface area contributed by atoms with Gasteiger partial charge in [0.15, 0.2) is 0 Å². The second kappa shape index (κ2) is 6.32. The van der Waals surface area contributed by atoms with Gasteiger partial charge in [-0.15, -0.1) is 0 Å². The van der Waals surface area contributed by atoms with Gasteiger partial charge in [0, 0.05) is 20.2 Å². The van der Waals surface area contributed by atoms with E-state index in [2.05, 4.69) is 4.72 Å². The van der Waals surface area contributed by atoms with Crippen molar-refractivity contribution >= 4 is 44.6 Å². The van der Waals surface area contributed by atoms with Gasteiger partial charge in [-0.1, -0.05) is 23.2 Å². The maximum Gasteiger partial charge on any atom is 0.262 e. The Morgan fingerprint density at radius 3 is 2.32 bits per heavy atom. The molecule has 0 radical (unpaired) electrons. The summed E-state index contributed by atoms with van der Waals surface area (Å²) in [6.07, 6.45) is 0. The number of sulfonamides is 1. The quantitative estimate of drug-likeness (QED) is 0.893. The van der Waals surface area contributed by atoms with Crippen molar-refractivity contribution in [1.82, 2.24) is 0 Å². The van der Waals surface area contributed by atoms with Crippen LogP contribution in [0, 0.1) is 5.82 Å². The number of rotatable bonds is 4. The molecule has 2 aromatic carbocycles. The van der Waals surface area contributed by atoms with E-state index in [4.69, 9.17) is 23.2 Å². The van der Waals surface area contributed by atoms with Crippen molar-refractivity contribution in [2.75, 3.05) is 23.7 Å². The molecule has 0 bridgehead atoms. The minimum atomic E-state index is -3.91. The van der Waals surface area contributed by atoms with Gasteiger partial charge in [0.1, 0.15) is 5.82 Å². The van der Waals surface area contributed by atoms with E-state index in [1.165, 1.54) is 30.3 Å². The summed E-state index contributed by atoms with van der Waals surface area (Å²) in [6.45, 7) is 0. The Kier molecular flexibility index (Phi) is 4.84. The minimum Gasteiger partial charge on any atom is -0.376 e. The van der Waals surface area contributed by atoms with Crippen molar-refractivity contribution in [3.05, 3.63) is 52.3 Å². The van der Waals surface area contributed by atoms with E-state index in [-0.39, 0.29) is 20.6 Å². The molecule has 0 aliphatic carbocycles. The van der Waals surface area contributed by atoms with Crippen molar-refractivity contribution < 1.29 is 12.8 Å². The summed E-state index contributed by atoms with van der Waals surface area (Å²) < 4.78 is 40.6. The van der Waals surface area contributed by atoms with Gasteiger partial charge < -0.3 is 4.90 Å². The zero-order valence-electron chi connectivity index (χ0n) is 11.8. The largest absolute Gasteiger partial charge is 0.376 e. The molecule has 118 valence electrons. The molecule has 0 spiro atoms. The van der Waals surface area contributed by atoms with Crippen LogP contribution in [0.2, 0.25) is 10.0 Å². The third-order valence-electron chi connectivity index (χ3n) is 2.89. The Hall–Kier alpha value is -1.50. The third kappa shape index (κ3) is 3.63. The normalized spacial score (nSPS) is 11.3. The fourth-order valence-electron chi connectivity index (χ4n) is 1.83. The smallest absolute Gasteiger partial charge is 0.262 e. The van der Waals surface area contributed by atoms with Crippen LogP contribution in [0.4, 0.5) is 15.8 Å². The molecule has 0 heterocycles. The monoisotopic (exact) mass is 362 g/mol. The van der Waals surface area contributed by atoms with Gasteiger partial charge in [0.25, 0.3) is 10.0 Å². The first-order valence-corrected chi connectivity index (χ1v) is 8.39. The predicted octanol–water partition coefficient (Wildman–Crippen LogP) is 4.00. The maximum atomic E-state index is 13.4. The number of hydrogen-bond donors (Lipinski definition) is 1. The first kappa shape index (κ1) is 16.9. The van der Waals surface area contributed by atoms with Gasteiger partial charge >= 0.3 is 0 Å². The van der Waals surface area contributed by atoms with Crippen LogP contribution in [0.5, 0.6) is 0 Å². The van der Waals surface area contributed by atoms with Gasteiger partial charge in [-0.2, -0.15) is 0 Å². The van der Waals surface area contributed by atoms with Gasteiger partial charge in [0.2, 0.25) is 0 Å². The second-order valence-corrected chi connectivity index (χ2v) is 7.23. The molecular formula is C14H13Cl2FN2O2S. The van der Waals surface area contributed by atoms with E-state index in [1.807, 2.05) is 0 Å². The summed E-state index contributed by atoms with van der Waals surface area (Å²) in [6, 6.07) is 7.81. The van der Waals surface area contributed by atoms with Crippen LogP contribution >= 0.6 is 23.2 Å². The lowest BCUT2D eigenvalue weighted by Crippen LogP contribution is -2.17. The molecule has 0 aliphatic heterocycles. The summed E-state index contributed by atoms with van der Waals surface area (Å²) in [4.78, 5) is 1.61. The highest BCUT2D eigenvalue weighted by Gasteiger charge is 2.18. The van der Waals surface area contributed by atoms with E-state index < -0.39 is 15.8 Å². The Balaban J connectivity index is 2.44. The lowest BCUT2D eigenvalue weighted by molar-refractivity contribution is 0.601. The first-order chi connectivity index (χ1) is 10.2. The Labute approximate surface area is 138 Å². The Morgan fingerprint density at radius 1 is 1.05 bits per heavy atom. The zero-order chi connectivity index (χ0) is 16.5. The predicted molar refractivity (Wildman–Crippen MR) is 88.0 cm³/mol. The average Bonchev–Trinajstić information content (AvgIpc) is 2.41. The van der Waals surface area contributed by atoms with Crippen LogP contribution in [-0.4, -0.2) is 22.5 Å². The van der Waals surface area contributed by atoms with E-state index >= 15 is 0 Å². The Morgan fingerprint density at radius 2 is 1.73 bits per heavy atom. The molecule has 0 saturated carbocycles. The number of benzene rings is 2. The SMILES string of the molecule is CN(C)c1ccc(F)cc1NS(=O)(=O)c1ccc(Cl)c(Cl)c1. The number of hydrogen-bond acceptors (Lipinski definition) is 3. The van der Waals surface area contributed by atoms with Crippen molar-refractivity contribution in [3.8, 4) is 0 Å². The van der Waals surface area contributed by atoms with Crippen molar-refractivity contribution in [1.29, 1.82) is 0 Å². The average molecular weight is 363 g/mol. The molecule has 0 aromatic heterocycles. The van der Waals surface area contributed by atoms with Crippen molar-refractivity contribution in [3.63, 3.8) is 0 Å². The number of halogens is 3. The van der Waals surface area contributed by atoms with Crippen LogP contribution in [0.25, 0.3) is 0 Å². The van der Waals surface area contributed by atoms with Crippen LogP contribution in [0.3, 0.4) is 0 Å². The molecule has 22 heavy (non-hydrogen) atoms. The number of anilines is 2. The van der Waals surface area contributed by atoms with E-state index in [0.717, 1.165) is 6.07 Å². The number of nitrogens with zero attached hydrogens (tertiary/aromatic N) is 1. The summed E-state index contributed by atoms with van der Waals surface area (Å²) in [5.74, 6) is -0.544. The van der Waals surface area contributed by atoms with Gasteiger partial charge in [0.05, 0.1) is 26.3 Å². The molecule has 8 heteroatoms. The van der Waals surface area contributed by atoms with Gasteiger partial charge in [-0.3, -0.25) is 4.72 Å². The highest BCUT2D eigenvalue weighted by molar-refractivity contribution is 7.92. The molecule has 1 N–H and O–H groups in total. The number of nitrogens with one attached hydrogen (secondary N) is 1. The third-order valence-corrected chi connectivity index (χ3v) is 4.99. The lowest BCUT2D eigenvalue weighted by Gasteiger charge is -2.18. The highest BCUT2D eigenvalue weighted by atomic mass is 35.5. The molecule has 4 nitrogen and oxygen atoms in total. The van der Waals surface area contributed by atoms with Crippen LogP contribution in [0.15, 0.2) is 41.3 Å². The molecule has 0 unspecified atom stereocenters. The van der Waals surface area contributed by atoms with E-state index in [9.17, 15) is 12.8 Å². The molecule has 2 rings (SSSR count). The molecule has 0 fully saturated rings. The molecular weight excluding hydrogens is 350 g/mol. The molecule has 0 atom stereocenters. The van der Waals surface area contributed by atoms with Crippen molar-refractivity contribution in [2.24, 2.45) is 0 Å². The Bertz CT molecular complexity index is 810. The maximum absolute atomic E-state index is 13.4. The topological polar surface area (TPSA) is 49.4 Å². The fraction of sp³-hybridized carbons (Fsp3) is 0.143. The second-order valence-electron chi connectivity index (χ2n) is 4.74. The summed E-state index contributed by atoms with van der Waals surface area (Å²) in [7, 11) is -0.459. The molecule has 0 aliphatic rings. The first-order valence-electron chi connectivity index (χ1n) is 6.15. The van der Waals surface area contributed by atoms with Gasteiger partial charge in [-0.25, -0.2) is 12.8 Å². The lowest BCUT2D eigenvalue weighted by atomic mass is 10.2. The van der Waals surface area contributed by atoms with E-state index in [1.54, 1.807) is 19.0 Å². The molecule has 2 aromatic rings. The summed E-state index contributed by atoms with van der Waals surface area (Å²) in [5.41, 5.74) is 0.668. The summed E-state index contributed by atoms with van der Waals surface area (Å²) in [5, 5.41) is 0.372. The van der Waals surface area contributed by atoms with Crippen LogP contribution in [-0.2, 0) is 10.0 Å². The van der Waals surface area contributed by atoms with Crippen molar-refractivity contribution in [2.45, 2.75) is 4.90 Å². The molecule has 0 amide bonds.